The number of nitrogens with zero attached hydrogens (tertiary/aromatic N) is 4. The Hall–Kier alpha value is -4.51. The van der Waals surface area contributed by atoms with Crippen LogP contribution in [-0.4, -0.2) is 35.0 Å². The Bertz CT molecular complexity index is 1470. The normalized spacial score (nSPS) is 14.3. The van der Waals surface area contributed by atoms with Crippen LogP contribution in [0.25, 0.3) is 17.5 Å². The number of aliphatic imine (C=N–C) groups is 1. The van der Waals surface area contributed by atoms with Gasteiger partial charge in [-0.25, -0.2) is 4.99 Å². The van der Waals surface area contributed by atoms with E-state index in [4.69, 9.17) is 9.15 Å². The summed E-state index contributed by atoms with van der Waals surface area (Å²) in [6.07, 6.45) is 1.66. The summed E-state index contributed by atoms with van der Waals surface area (Å²) in [7, 11) is 1.57. The predicted molar refractivity (Wildman–Crippen MR) is 140 cm³/mol. The van der Waals surface area contributed by atoms with Gasteiger partial charge in [0.1, 0.15) is 17.2 Å². The van der Waals surface area contributed by atoms with Crippen LogP contribution in [0.15, 0.2) is 94.0 Å². The van der Waals surface area contributed by atoms with Crippen molar-refractivity contribution in [1.29, 1.82) is 0 Å². The molecule has 0 fully saturated rings. The minimum absolute atomic E-state index is 0.0187. The van der Waals surface area contributed by atoms with Gasteiger partial charge >= 0.3 is 6.61 Å². The molecule has 0 unspecified atom stereocenters. The molecule has 1 aliphatic heterocycles. The highest BCUT2D eigenvalue weighted by atomic mass is 32.2. The molecule has 0 atom stereocenters. The van der Waals surface area contributed by atoms with E-state index in [0.29, 0.717) is 28.4 Å². The SMILES string of the molecule is COc1ccc(/C=C2\N=C(SCc3nnc(-c4ccccc4)o3)N(c3ccc(OC(F)F)cc3)C2=O)cc1. The summed E-state index contributed by atoms with van der Waals surface area (Å²) < 4.78 is 40.6. The first-order chi connectivity index (χ1) is 18.5. The van der Waals surface area contributed by atoms with E-state index in [1.165, 1.54) is 40.9 Å². The molecule has 0 saturated carbocycles. The zero-order valence-corrected chi connectivity index (χ0v) is 20.8. The van der Waals surface area contributed by atoms with Crippen LogP contribution in [0.4, 0.5) is 14.5 Å². The van der Waals surface area contributed by atoms with Crippen molar-refractivity contribution in [2.75, 3.05) is 12.0 Å². The molecule has 0 bridgehead atoms. The Morgan fingerprint density at radius 3 is 2.37 bits per heavy atom. The van der Waals surface area contributed by atoms with Crippen molar-refractivity contribution < 1.29 is 27.5 Å². The number of amides is 1. The molecule has 3 aromatic carbocycles. The maximum atomic E-state index is 13.4. The Labute approximate surface area is 220 Å². The van der Waals surface area contributed by atoms with E-state index >= 15 is 0 Å². The minimum atomic E-state index is -2.95. The van der Waals surface area contributed by atoms with Crippen LogP contribution >= 0.6 is 11.8 Å². The molecule has 4 aromatic rings. The van der Waals surface area contributed by atoms with Crippen LogP contribution in [0.1, 0.15) is 11.5 Å². The molecule has 1 amide bonds. The molecule has 192 valence electrons. The van der Waals surface area contributed by atoms with E-state index in [0.717, 1.165) is 11.1 Å². The lowest BCUT2D eigenvalue weighted by atomic mass is 10.2. The first-order valence-corrected chi connectivity index (χ1v) is 12.3. The van der Waals surface area contributed by atoms with Gasteiger partial charge in [0, 0.05) is 5.56 Å². The minimum Gasteiger partial charge on any atom is -0.497 e. The molecule has 8 nitrogen and oxygen atoms in total. The van der Waals surface area contributed by atoms with Crippen LogP contribution < -0.4 is 14.4 Å². The van der Waals surface area contributed by atoms with Crippen LogP contribution in [-0.2, 0) is 10.5 Å². The van der Waals surface area contributed by atoms with Gasteiger partial charge in [-0.1, -0.05) is 42.1 Å². The predicted octanol–water partition coefficient (Wildman–Crippen LogP) is 6.02. The lowest BCUT2D eigenvalue weighted by molar-refractivity contribution is -0.113. The second-order valence-corrected chi connectivity index (χ2v) is 8.81. The first-order valence-electron chi connectivity index (χ1n) is 11.3. The number of anilines is 1. The molecular weight excluding hydrogens is 514 g/mol. The van der Waals surface area contributed by atoms with Crippen molar-refractivity contribution in [2.24, 2.45) is 4.99 Å². The monoisotopic (exact) mass is 534 g/mol. The number of aromatic nitrogens is 2. The van der Waals surface area contributed by atoms with Crippen molar-refractivity contribution in [3.8, 4) is 23.0 Å². The summed E-state index contributed by atoms with van der Waals surface area (Å²) in [4.78, 5) is 19.4. The van der Waals surface area contributed by atoms with Crippen molar-refractivity contribution >= 4 is 34.6 Å². The molecule has 0 spiro atoms. The summed E-state index contributed by atoms with van der Waals surface area (Å²) in [5.74, 6) is 1.29. The van der Waals surface area contributed by atoms with Gasteiger partial charge in [0.05, 0.1) is 18.6 Å². The topological polar surface area (TPSA) is 90.1 Å². The van der Waals surface area contributed by atoms with Gasteiger partial charge in [0.2, 0.25) is 11.8 Å². The number of thioether (sulfide) groups is 1. The number of halogens is 2. The number of benzene rings is 3. The van der Waals surface area contributed by atoms with Crippen molar-refractivity contribution in [1.82, 2.24) is 10.2 Å². The number of carbonyl (C=O) groups excluding carboxylic acids is 1. The Morgan fingerprint density at radius 1 is 0.974 bits per heavy atom. The summed E-state index contributed by atoms with van der Waals surface area (Å²) in [6.45, 7) is -2.95. The van der Waals surface area contributed by atoms with Crippen molar-refractivity contribution in [2.45, 2.75) is 12.4 Å². The Kier molecular flexibility index (Phi) is 7.45. The standard InChI is InChI=1S/C27H20F2N4O4S/c1-35-20-11-7-17(8-12-20)15-22-25(34)33(19-9-13-21(14-10-19)36-26(28)29)27(30-22)38-16-23-31-32-24(37-23)18-5-3-2-4-6-18/h2-15,26H,16H2,1H3/b22-15-. The number of hydrogen-bond acceptors (Lipinski definition) is 8. The lowest BCUT2D eigenvalue weighted by Gasteiger charge is -2.18. The van der Waals surface area contributed by atoms with E-state index in [1.54, 1.807) is 25.3 Å². The van der Waals surface area contributed by atoms with Crippen LogP contribution in [0, 0.1) is 0 Å². The maximum absolute atomic E-state index is 13.4. The van der Waals surface area contributed by atoms with Crippen molar-refractivity contribution in [3.05, 3.63) is 96.0 Å². The molecule has 1 aliphatic rings. The Balaban J connectivity index is 1.41. The quantitative estimate of drug-likeness (QED) is 0.255. The number of hydrogen-bond donors (Lipinski definition) is 0. The van der Waals surface area contributed by atoms with E-state index < -0.39 is 6.61 Å². The highest BCUT2D eigenvalue weighted by Gasteiger charge is 2.32. The summed E-state index contributed by atoms with van der Waals surface area (Å²) in [5, 5.41) is 8.57. The number of amidine groups is 1. The van der Waals surface area contributed by atoms with Gasteiger partial charge in [0.25, 0.3) is 5.91 Å². The average Bonchev–Trinajstić information content (AvgIpc) is 3.53. The van der Waals surface area contributed by atoms with Crippen LogP contribution in [0.2, 0.25) is 0 Å². The molecule has 11 heteroatoms. The molecule has 0 N–H and O–H groups in total. The van der Waals surface area contributed by atoms with Crippen LogP contribution in [0.5, 0.6) is 11.5 Å². The smallest absolute Gasteiger partial charge is 0.387 e. The van der Waals surface area contributed by atoms with Gasteiger partial charge < -0.3 is 13.9 Å². The van der Waals surface area contributed by atoms with Gasteiger partial charge in [-0.3, -0.25) is 9.69 Å². The Morgan fingerprint density at radius 2 is 1.68 bits per heavy atom. The molecule has 0 radical (unpaired) electrons. The zero-order valence-electron chi connectivity index (χ0n) is 20.0. The highest BCUT2D eigenvalue weighted by molar-refractivity contribution is 8.13. The lowest BCUT2D eigenvalue weighted by Crippen LogP contribution is -2.30. The summed E-state index contributed by atoms with van der Waals surface area (Å²) >= 11 is 1.23. The molecule has 5 rings (SSSR count). The van der Waals surface area contributed by atoms with Gasteiger partial charge in [-0.2, -0.15) is 8.78 Å². The highest BCUT2D eigenvalue weighted by Crippen LogP contribution is 2.32. The van der Waals surface area contributed by atoms with E-state index in [2.05, 4.69) is 19.9 Å². The third kappa shape index (κ3) is 5.73. The number of ether oxygens (including phenoxy) is 2. The molecular formula is C27H20F2N4O4S. The molecule has 0 saturated heterocycles. The molecule has 1 aromatic heterocycles. The number of rotatable bonds is 8. The fraction of sp³-hybridized carbons (Fsp3) is 0.111. The fourth-order valence-corrected chi connectivity index (χ4v) is 4.44. The van der Waals surface area contributed by atoms with E-state index in [1.807, 2.05) is 42.5 Å². The molecule has 38 heavy (non-hydrogen) atoms. The first kappa shape index (κ1) is 25.2. The third-order valence-electron chi connectivity index (χ3n) is 5.38. The average molecular weight is 535 g/mol. The third-order valence-corrected chi connectivity index (χ3v) is 6.30. The second-order valence-electron chi connectivity index (χ2n) is 7.87. The van der Waals surface area contributed by atoms with Crippen LogP contribution in [0.3, 0.4) is 0 Å². The largest absolute Gasteiger partial charge is 0.497 e. The van der Waals surface area contributed by atoms with E-state index in [9.17, 15) is 13.6 Å². The second kappa shape index (κ2) is 11.3. The fourth-order valence-electron chi connectivity index (χ4n) is 3.59. The van der Waals surface area contributed by atoms with Gasteiger partial charge in [-0.15, -0.1) is 10.2 Å². The summed E-state index contributed by atoms with van der Waals surface area (Å²) in [5.41, 5.74) is 2.20. The number of carbonyl (C=O) groups is 1. The van der Waals surface area contributed by atoms with Gasteiger partial charge in [-0.05, 0) is 60.2 Å². The number of methoxy groups -OCH3 is 1. The summed E-state index contributed by atoms with van der Waals surface area (Å²) in [6, 6.07) is 22.3. The van der Waals surface area contributed by atoms with Crippen molar-refractivity contribution in [3.63, 3.8) is 0 Å². The molecule has 0 aliphatic carbocycles. The van der Waals surface area contributed by atoms with E-state index in [-0.39, 0.29) is 23.1 Å². The maximum Gasteiger partial charge on any atom is 0.387 e. The number of alkyl halides is 2. The molecule has 2 heterocycles. The van der Waals surface area contributed by atoms with Gasteiger partial charge in [0.15, 0.2) is 5.17 Å². The zero-order chi connectivity index (χ0) is 26.5.